The zero-order valence-corrected chi connectivity index (χ0v) is 8.84. The molecular weight excluding hydrogens is 212 g/mol. The lowest BCUT2D eigenvalue weighted by Gasteiger charge is -2.06. The first-order valence-electron chi connectivity index (χ1n) is 4.40. The lowest BCUT2D eigenvalue weighted by atomic mass is 10.1. The van der Waals surface area contributed by atoms with Crippen LogP contribution in [-0.2, 0) is 4.74 Å². The van der Waals surface area contributed by atoms with Crippen LogP contribution >= 0.6 is 0 Å². The van der Waals surface area contributed by atoms with Gasteiger partial charge in [-0.2, -0.15) is 5.01 Å². The summed E-state index contributed by atoms with van der Waals surface area (Å²) in [5.74, 6) is -1.02. The van der Waals surface area contributed by atoms with Crippen LogP contribution < -0.4 is 0 Å². The predicted molar refractivity (Wildman–Crippen MR) is 55.7 cm³/mol. The average Bonchev–Trinajstić information content (AvgIpc) is 2.36. The lowest BCUT2D eigenvalue weighted by Crippen LogP contribution is -2.20. The fraction of sp³-hybridized carbons (Fsp3) is 0.200. The Hall–Kier alpha value is -2.24. The molecule has 1 amide bonds. The van der Waals surface area contributed by atoms with E-state index in [-0.39, 0.29) is 5.56 Å². The van der Waals surface area contributed by atoms with Crippen molar-refractivity contribution in [3.8, 4) is 0 Å². The van der Waals surface area contributed by atoms with Crippen molar-refractivity contribution in [1.29, 1.82) is 0 Å². The number of methoxy groups -OCH3 is 1. The van der Waals surface area contributed by atoms with Gasteiger partial charge in [0.1, 0.15) is 0 Å². The Bertz CT molecular complexity index is 413. The smallest absolute Gasteiger partial charge is 0.337 e. The molecule has 0 aliphatic carbocycles. The van der Waals surface area contributed by atoms with Crippen molar-refractivity contribution in [2.24, 2.45) is 5.29 Å². The Kier molecular flexibility index (Phi) is 3.71. The minimum Gasteiger partial charge on any atom is -0.465 e. The predicted octanol–water partition coefficient (Wildman–Crippen LogP) is 1.23. The summed E-state index contributed by atoms with van der Waals surface area (Å²) in [5.41, 5.74) is 0.607. The molecule has 0 aromatic heterocycles. The molecule has 0 saturated heterocycles. The monoisotopic (exact) mass is 222 g/mol. The van der Waals surface area contributed by atoms with Gasteiger partial charge in [-0.15, -0.1) is 4.91 Å². The lowest BCUT2D eigenvalue weighted by molar-refractivity contribution is 0.0600. The summed E-state index contributed by atoms with van der Waals surface area (Å²) in [4.78, 5) is 32.7. The second kappa shape index (κ2) is 5.01. The Balaban J connectivity index is 2.91. The van der Waals surface area contributed by atoms with Gasteiger partial charge >= 0.3 is 5.97 Å². The van der Waals surface area contributed by atoms with E-state index in [1.165, 1.54) is 38.4 Å². The van der Waals surface area contributed by atoms with E-state index >= 15 is 0 Å². The number of nitroso groups, excluding NO2 is 1. The maximum absolute atomic E-state index is 11.4. The molecule has 0 unspecified atom stereocenters. The van der Waals surface area contributed by atoms with Crippen LogP contribution in [0.1, 0.15) is 20.7 Å². The Morgan fingerprint density at radius 2 is 1.69 bits per heavy atom. The third-order valence-corrected chi connectivity index (χ3v) is 1.97. The van der Waals surface area contributed by atoms with E-state index in [0.717, 1.165) is 0 Å². The summed E-state index contributed by atoms with van der Waals surface area (Å²) in [6, 6.07) is 5.74. The zero-order chi connectivity index (χ0) is 12.1. The fourth-order valence-electron chi connectivity index (χ4n) is 1.09. The largest absolute Gasteiger partial charge is 0.465 e. The van der Waals surface area contributed by atoms with Gasteiger partial charge in [0.15, 0.2) is 0 Å². The van der Waals surface area contributed by atoms with Crippen molar-refractivity contribution >= 4 is 11.9 Å². The van der Waals surface area contributed by atoms with Crippen LogP contribution in [0, 0.1) is 4.91 Å². The van der Waals surface area contributed by atoms with Crippen molar-refractivity contribution in [3.63, 3.8) is 0 Å². The molecule has 0 heterocycles. The third kappa shape index (κ3) is 2.41. The number of hydrogen-bond acceptors (Lipinski definition) is 5. The van der Waals surface area contributed by atoms with Crippen molar-refractivity contribution in [1.82, 2.24) is 5.01 Å². The van der Waals surface area contributed by atoms with Gasteiger partial charge in [-0.25, -0.2) is 4.79 Å². The van der Waals surface area contributed by atoms with E-state index in [0.29, 0.717) is 10.6 Å². The maximum atomic E-state index is 11.4. The average molecular weight is 222 g/mol. The molecule has 0 fully saturated rings. The number of ether oxygens (including phenoxy) is 1. The molecule has 84 valence electrons. The molecule has 0 aliphatic rings. The minimum atomic E-state index is -0.536. The van der Waals surface area contributed by atoms with Gasteiger partial charge in [-0.3, -0.25) is 4.79 Å². The SMILES string of the molecule is COC(=O)c1ccc(C(=O)N(C)N=O)cc1. The summed E-state index contributed by atoms with van der Waals surface area (Å²) in [7, 11) is 2.52. The second-order valence-electron chi connectivity index (χ2n) is 2.98. The van der Waals surface area contributed by atoms with Gasteiger partial charge in [0.25, 0.3) is 5.91 Å². The summed E-state index contributed by atoms with van der Waals surface area (Å²) in [6.07, 6.45) is 0. The van der Waals surface area contributed by atoms with Gasteiger partial charge in [0.2, 0.25) is 0 Å². The van der Waals surface area contributed by atoms with Gasteiger partial charge in [-0.1, -0.05) is 0 Å². The van der Waals surface area contributed by atoms with E-state index in [1.54, 1.807) is 0 Å². The van der Waals surface area contributed by atoms with Gasteiger partial charge in [-0.05, 0) is 24.3 Å². The molecule has 1 rings (SSSR count). The highest BCUT2D eigenvalue weighted by Gasteiger charge is 2.12. The highest BCUT2D eigenvalue weighted by atomic mass is 16.5. The second-order valence-corrected chi connectivity index (χ2v) is 2.98. The number of nitrogens with zero attached hydrogens (tertiary/aromatic N) is 2. The van der Waals surface area contributed by atoms with Crippen LogP contribution in [0.5, 0.6) is 0 Å². The van der Waals surface area contributed by atoms with E-state index in [9.17, 15) is 14.5 Å². The van der Waals surface area contributed by atoms with E-state index in [2.05, 4.69) is 10.0 Å². The van der Waals surface area contributed by atoms with Crippen LogP contribution in [0.2, 0.25) is 0 Å². The number of carbonyl (C=O) groups excluding carboxylic acids is 2. The summed E-state index contributed by atoms with van der Waals surface area (Å²) < 4.78 is 4.50. The molecule has 0 radical (unpaired) electrons. The Morgan fingerprint density at radius 1 is 1.19 bits per heavy atom. The van der Waals surface area contributed by atoms with Crippen molar-refractivity contribution in [2.75, 3.05) is 14.2 Å². The summed E-state index contributed by atoms with van der Waals surface area (Å²) >= 11 is 0. The molecule has 16 heavy (non-hydrogen) atoms. The zero-order valence-electron chi connectivity index (χ0n) is 8.84. The minimum absolute atomic E-state index is 0.273. The molecule has 0 saturated carbocycles. The van der Waals surface area contributed by atoms with Crippen molar-refractivity contribution in [2.45, 2.75) is 0 Å². The van der Waals surface area contributed by atoms with Crippen LogP contribution in [0.25, 0.3) is 0 Å². The molecular formula is C10H10N2O4. The Morgan fingerprint density at radius 3 is 2.12 bits per heavy atom. The quantitative estimate of drug-likeness (QED) is 0.438. The number of esters is 1. The van der Waals surface area contributed by atoms with E-state index in [4.69, 9.17) is 0 Å². The van der Waals surface area contributed by atoms with Crippen LogP contribution in [0.3, 0.4) is 0 Å². The van der Waals surface area contributed by atoms with E-state index < -0.39 is 11.9 Å². The highest BCUT2D eigenvalue weighted by Crippen LogP contribution is 2.08. The topological polar surface area (TPSA) is 76.0 Å². The highest BCUT2D eigenvalue weighted by molar-refractivity contribution is 5.95. The molecule has 0 atom stereocenters. The Labute approximate surface area is 91.8 Å². The number of benzene rings is 1. The molecule has 1 aromatic rings. The number of carbonyl (C=O) groups is 2. The normalized spacial score (nSPS) is 9.38. The van der Waals surface area contributed by atoms with Crippen LogP contribution in [0.15, 0.2) is 29.6 Å². The van der Waals surface area contributed by atoms with Crippen molar-refractivity contribution < 1.29 is 14.3 Å². The molecule has 1 aromatic carbocycles. The first-order valence-corrected chi connectivity index (χ1v) is 4.40. The molecule has 6 nitrogen and oxygen atoms in total. The third-order valence-electron chi connectivity index (χ3n) is 1.97. The number of amides is 1. The number of rotatable bonds is 3. The summed E-state index contributed by atoms with van der Waals surface area (Å²) in [5, 5.41) is 3.15. The standard InChI is InChI=1S/C10H10N2O4/c1-12(11-15)9(13)7-3-5-8(6-4-7)10(14)16-2/h3-6H,1-2H3. The summed E-state index contributed by atoms with van der Waals surface area (Å²) in [6.45, 7) is 0. The van der Waals surface area contributed by atoms with Gasteiger partial charge in [0, 0.05) is 12.6 Å². The molecule has 0 N–H and O–H groups in total. The molecule has 6 heteroatoms. The van der Waals surface area contributed by atoms with Gasteiger partial charge < -0.3 is 4.74 Å². The van der Waals surface area contributed by atoms with Gasteiger partial charge in [0.05, 0.1) is 18.0 Å². The molecule has 0 aliphatic heterocycles. The van der Waals surface area contributed by atoms with Crippen LogP contribution in [-0.4, -0.2) is 31.0 Å². The molecule has 0 bridgehead atoms. The van der Waals surface area contributed by atoms with Crippen LogP contribution in [0.4, 0.5) is 0 Å². The van der Waals surface area contributed by atoms with Crippen molar-refractivity contribution in [3.05, 3.63) is 40.3 Å². The molecule has 0 spiro atoms. The van der Waals surface area contributed by atoms with E-state index in [1.807, 2.05) is 0 Å². The maximum Gasteiger partial charge on any atom is 0.337 e. The number of hydrogen-bond donors (Lipinski definition) is 0. The first-order chi connectivity index (χ1) is 7.60. The first kappa shape index (κ1) is 11.8. The fourth-order valence-corrected chi connectivity index (χ4v) is 1.09.